The predicted molar refractivity (Wildman–Crippen MR) is 106 cm³/mol. The number of alkyl halides is 3. The number of rotatable bonds is 7. The van der Waals surface area contributed by atoms with E-state index in [4.69, 9.17) is 9.47 Å². The minimum Gasteiger partial charge on any atom is -0.494 e. The number of hydrogen-bond acceptors (Lipinski definition) is 6. The fourth-order valence-electron chi connectivity index (χ4n) is 3.08. The average molecular weight is 437 g/mol. The second kappa shape index (κ2) is 8.78. The van der Waals surface area contributed by atoms with Gasteiger partial charge in [-0.2, -0.15) is 18.2 Å². The number of benzene rings is 1. The molecule has 11 heteroatoms. The zero-order valence-electron chi connectivity index (χ0n) is 17.5. The molecular weight excluding hydrogens is 415 g/mol. The van der Waals surface area contributed by atoms with Crippen LogP contribution in [0, 0.1) is 13.8 Å². The highest BCUT2D eigenvalue weighted by Crippen LogP contribution is 2.30. The molecule has 0 fully saturated rings. The Labute approximate surface area is 176 Å². The molecule has 0 spiro atoms. The van der Waals surface area contributed by atoms with Crippen molar-refractivity contribution in [2.75, 3.05) is 18.5 Å². The highest BCUT2D eigenvalue weighted by Gasteiger charge is 2.37. The van der Waals surface area contributed by atoms with Gasteiger partial charge in [0.05, 0.1) is 25.3 Å². The predicted octanol–water partition coefficient (Wildman–Crippen LogP) is 3.74. The topological polar surface area (TPSA) is 90.6 Å². The van der Waals surface area contributed by atoms with Gasteiger partial charge < -0.3 is 14.8 Å². The Morgan fingerprint density at radius 1 is 1.13 bits per heavy atom. The van der Waals surface area contributed by atoms with E-state index in [1.165, 1.54) is 0 Å². The van der Waals surface area contributed by atoms with Gasteiger partial charge in [0, 0.05) is 23.0 Å². The van der Waals surface area contributed by atoms with E-state index in [1.807, 2.05) is 13.8 Å². The van der Waals surface area contributed by atoms with Crippen LogP contribution in [0.1, 0.15) is 36.6 Å². The number of anilines is 1. The van der Waals surface area contributed by atoms with Crippen LogP contribution in [0.2, 0.25) is 0 Å². The van der Waals surface area contributed by atoms with Gasteiger partial charge in [-0.3, -0.25) is 4.79 Å². The number of ether oxygens (including phenoxy) is 2. The number of aromatic nitrogens is 4. The van der Waals surface area contributed by atoms with Gasteiger partial charge >= 0.3 is 6.18 Å². The number of aryl methyl sites for hydroxylation is 2. The third-order valence-electron chi connectivity index (χ3n) is 4.48. The van der Waals surface area contributed by atoms with E-state index in [1.54, 1.807) is 32.0 Å². The summed E-state index contributed by atoms with van der Waals surface area (Å²) in [5, 5.41) is 6.27. The van der Waals surface area contributed by atoms with Gasteiger partial charge in [0.25, 0.3) is 11.6 Å². The molecule has 3 rings (SSSR count). The molecule has 2 aromatic heterocycles. The first-order chi connectivity index (χ1) is 14.6. The van der Waals surface area contributed by atoms with E-state index < -0.39 is 17.9 Å². The molecule has 2 heterocycles. The lowest BCUT2D eigenvalue weighted by Gasteiger charge is -2.14. The fraction of sp³-hybridized carbons (Fsp3) is 0.400. The number of amides is 1. The van der Waals surface area contributed by atoms with Crippen molar-refractivity contribution in [3.05, 3.63) is 41.0 Å². The first-order valence-electron chi connectivity index (χ1n) is 9.63. The van der Waals surface area contributed by atoms with Crippen LogP contribution >= 0.6 is 0 Å². The summed E-state index contributed by atoms with van der Waals surface area (Å²) < 4.78 is 50.9. The molecule has 0 saturated heterocycles. The van der Waals surface area contributed by atoms with Crippen LogP contribution in [0.25, 0.3) is 5.78 Å². The molecule has 166 valence electrons. The maximum Gasteiger partial charge on any atom is 0.453 e. The maximum atomic E-state index is 12.9. The van der Waals surface area contributed by atoms with Gasteiger partial charge in [0.2, 0.25) is 5.91 Å². The van der Waals surface area contributed by atoms with Crippen molar-refractivity contribution < 1.29 is 27.4 Å². The average Bonchev–Trinajstić information content (AvgIpc) is 3.12. The first-order valence-corrected chi connectivity index (χ1v) is 9.63. The van der Waals surface area contributed by atoms with Gasteiger partial charge in [-0.15, -0.1) is 5.10 Å². The number of carbonyl (C=O) groups is 1. The van der Waals surface area contributed by atoms with Gasteiger partial charge in [0.1, 0.15) is 11.5 Å². The second-order valence-electron chi connectivity index (χ2n) is 6.66. The molecule has 8 nitrogen and oxygen atoms in total. The molecule has 31 heavy (non-hydrogen) atoms. The van der Waals surface area contributed by atoms with Crippen LogP contribution in [0.15, 0.2) is 18.2 Å². The molecule has 1 amide bonds. The highest BCUT2D eigenvalue weighted by molar-refractivity contribution is 5.94. The van der Waals surface area contributed by atoms with Crippen LogP contribution in [-0.4, -0.2) is 38.7 Å². The lowest BCUT2D eigenvalue weighted by molar-refractivity contribution is -0.144. The summed E-state index contributed by atoms with van der Waals surface area (Å²) in [5.41, 5.74) is 1.65. The van der Waals surface area contributed by atoms with Crippen LogP contribution in [0.4, 0.5) is 18.9 Å². The Hall–Kier alpha value is -3.37. The van der Waals surface area contributed by atoms with Crippen LogP contribution in [0.5, 0.6) is 11.5 Å². The molecular formula is C20H22F3N5O3. The van der Waals surface area contributed by atoms with E-state index in [9.17, 15) is 18.0 Å². The summed E-state index contributed by atoms with van der Waals surface area (Å²) in [5.74, 6) is -0.794. The standard InChI is InChI=1S/C20H22F3N5O3/c1-5-30-13-7-8-16(31-6-2)15(9-13)25-17(29)10-14-11(3)24-19-26-18(20(21,22)23)27-28(19)12(14)4/h7-9H,5-6,10H2,1-4H3,(H,25,29). The zero-order valence-corrected chi connectivity index (χ0v) is 17.5. The van der Waals surface area contributed by atoms with Crippen molar-refractivity contribution in [3.63, 3.8) is 0 Å². The number of fused-ring (bicyclic) bond motifs is 1. The SMILES string of the molecule is CCOc1ccc(OCC)c(NC(=O)Cc2c(C)nc3nc(C(F)(F)F)nn3c2C)c1. The number of nitrogens with zero attached hydrogens (tertiary/aromatic N) is 4. The van der Waals surface area contributed by atoms with Gasteiger partial charge in [-0.05, 0) is 39.8 Å². The summed E-state index contributed by atoms with van der Waals surface area (Å²) >= 11 is 0. The third-order valence-corrected chi connectivity index (χ3v) is 4.48. The molecule has 1 N–H and O–H groups in total. The smallest absolute Gasteiger partial charge is 0.453 e. The van der Waals surface area contributed by atoms with Crippen molar-refractivity contribution in [1.29, 1.82) is 0 Å². The molecule has 0 aliphatic rings. The molecule has 0 saturated carbocycles. The normalized spacial score (nSPS) is 11.6. The summed E-state index contributed by atoms with van der Waals surface area (Å²) in [7, 11) is 0. The molecule has 0 aliphatic carbocycles. The Kier molecular flexibility index (Phi) is 6.32. The lowest BCUT2D eigenvalue weighted by Crippen LogP contribution is -2.18. The largest absolute Gasteiger partial charge is 0.494 e. The number of nitrogens with one attached hydrogen (secondary N) is 1. The lowest BCUT2D eigenvalue weighted by atomic mass is 10.1. The summed E-state index contributed by atoms with van der Waals surface area (Å²) in [4.78, 5) is 20.3. The van der Waals surface area contributed by atoms with E-state index >= 15 is 0 Å². The van der Waals surface area contributed by atoms with E-state index in [2.05, 4.69) is 20.4 Å². The molecule has 0 radical (unpaired) electrons. The molecule has 0 atom stereocenters. The molecule has 0 unspecified atom stereocenters. The summed E-state index contributed by atoms with van der Waals surface area (Å²) in [6, 6.07) is 5.09. The minimum atomic E-state index is -4.69. The van der Waals surface area contributed by atoms with Crippen molar-refractivity contribution in [3.8, 4) is 11.5 Å². The van der Waals surface area contributed by atoms with Crippen molar-refractivity contribution in [2.24, 2.45) is 0 Å². The van der Waals surface area contributed by atoms with Gasteiger partial charge in [0.15, 0.2) is 0 Å². The van der Waals surface area contributed by atoms with Crippen LogP contribution in [-0.2, 0) is 17.4 Å². The Morgan fingerprint density at radius 2 is 1.84 bits per heavy atom. The maximum absolute atomic E-state index is 12.9. The van der Waals surface area contributed by atoms with Crippen LogP contribution < -0.4 is 14.8 Å². The summed E-state index contributed by atoms with van der Waals surface area (Å²) in [6.07, 6.45) is -4.81. The molecule has 1 aromatic carbocycles. The molecule has 0 bridgehead atoms. The Morgan fingerprint density at radius 3 is 2.48 bits per heavy atom. The van der Waals surface area contributed by atoms with E-state index in [0.717, 1.165) is 4.52 Å². The van der Waals surface area contributed by atoms with Crippen molar-refractivity contribution >= 4 is 17.4 Å². The van der Waals surface area contributed by atoms with E-state index in [-0.39, 0.29) is 12.2 Å². The molecule has 3 aromatic rings. The Balaban J connectivity index is 1.89. The Bertz CT molecular complexity index is 1110. The zero-order chi connectivity index (χ0) is 22.8. The number of carbonyl (C=O) groups excluding carboxylic acids is 1. The quantitative estimate of drug-likeness (QED) is 0.606. The van der Waals surface area contributed by atoms with Crippen molar-refractivity contribution in [1.82, 2.24) is 19.6 Å². The minimum absolute atomic E-state index is 0.119. The van der Waals surface area contributed by atoms with Crippen LogP contribution in [0.3, 0.4) is 0 Å². The molecule has 0 aliphatic heterocycles. The monoisotopic (exact) mass is 437 g/mol. The van der Waals surface area contributed by atoms with E-state index in [0.29, 0.717) is 47.4 Å². The van der Waals surface area contributed by atoms with Crippen molar-refractivity contribution in [2.45, 2.75) is 40.3 Å². The van der Waals surface area contributed by atoms with Gasteiger partial charge in [-0.25, -0.2) is 9.50 Å². The fourth-order valence-corrected chi connectivity index (χ4v) is 3.08. The highest BCUT2D eigenvalue weighted by atomic mass is 19.4. The first kappa shape index (κ1) is 22.3. The van der Waals surface area contributed by atoms with Gasteiger partial charge in [-0.1, -0.05) is 0 Å². The number of hydrogen-bond donors (Lipinski definition) is 1. The number of halogens is 3. The summed E-state index contributed by atoms with van der Waals surface area (Å²) in [6.45, 7) is 7.72. The third kappa shape index (κ3) is 4.86. The second-order valence-corrected chi connectivity index (χ2v) is 6.66.